The van der Waals surface area contributed by atoms with Crippen molar-refractivity contribution in [1.29, 1.82) is 0 Å². The molecule has 0 N–H and O–H groups in total. The van der Waals surface area contributed by atoms with E-state index in [1.165, 1.54) is 0 Å². The first-order chi connectivity index (χ1) is 13.0. The van der Waals surface area contributed by atoms with E-state index < -0.39 is 0 Å². The molecule has 6 heteroatoms. The highest BCUT2D eigenvalue weighted by molar-refractivity contribution is 6.42. The van der Waals surface area contributed by atoms with Crippen molar-refractivity contribution in [2.75, 3.05) is 33.3 Å². The van der Waals surface area contributed by atoms with Gasteiger partial charge in [-0.05, 0) is 41.5 Å². The van der Waals surface area contributed by atoms with Crippen molar-refractivity contribution in [3.8, 4) is 5.75 Å². The Hall–Kier alpha value is -2.01. The molecule has 1 aliphatic heterocycles. The number of nitrogens with zero attached hydrogens (tertiary/aromatic N) is 2. The molecule has 4 nitrogen and oxygen atoms in total. The Balaban J connectivity index is 1.49. The fourth-order valence-corrected chi connectivity index (χ4v) is 3.33. The number of carbonyl (C=O) groups excluding carboxylic acids is 1. The van der Waals surface area contributed by atoms with Gasteiger partial charge in [0.25, 0.3) is 0 Å². The Kier molecular flexibility index (Phi) is 6.78. The van der Waals surface area contributed by atoms with Gasteiger partial charge < -0.3 is 9.64 Å². The molecule has 0 spiro atoms. The number of piperazine rings is 1. The third-order valence-corrected chi connectivity index (χ3v) is 5.35. The first-order valence-corrected chi connectivity index (χ1v) is 9.58. The first kappa shape index (κ1) is 19.7. The van der Waals surface area contributed by atoms with E-state index in [9.17, 15) is 4.79 Å². The Labute approximate surface area is 169 Å². The van der Waals surface area contributed by atoms with Crippen molar-refractivity contribution < 1.29 is 9.53 Å². The number of hydrogen-bond donors (Lipinski definition) is 0. The molecule has 27 heavy (non-hydrogen) atoms. The molecule has 2 aromatic rings. The summed E-state index contributed by atoms with van der Waals surface area (Å²) >= 11 is 12.0. The molecule has 1 aliphatic rings. The standard InChI is InChI=1S/C21H22Cl2N2O2/c1-27-18-6-2-16(3-7-18)5-9-21(26)25-12-10-24(11-13-25)15-17-4-8-19(22)20(23)14-17/h2-9,14H,10-13,15H2,1H3/b9-5+. The lowest BCUT2D eigenvalue weighted by Gasteiger charge is -2.34. The molecule has 3 rings (SSSR count). The van der Waals surface area contributed by atoms with Crippen LogP contribution in [0.1, 0.15) is 11.1 Å². The van der Waals surface area contributed by atoms with Crippen LogP contribution >= 0.6 is 23.2 Å². The molecule has 1 saturated heterocycles. The fraction of sp³-hybridized carbons (Fsp3) is 0.286. The van der Waals surface area contributed by atoms with Gasteiger partial charge in [0.1, 0.15) is 5.75 Å². The van der Waals surface area contributed by atoms with E-state index >= 15 is 0 Å². The molecule has 0 unspecified atom stereocenters. The van der Waals surface area contributed by atoms with Gasteiger partial charge in [0.05, 0.1) is 17.2 Å². The Morgan fingerprint density at radius 2 is 1.74 bits per heavy atom. The van der Waals surface area contributed by atoms with Crippen molar-refractivity contribution >= 4 is 35.2 Å². The largest absolute Gasteiger partial charge is 0.497 e. The lowest BCUT2D eigenvalue weighted by molar-refractivity contribution is -0.127. The normalized spacial score (nSPS) is 15.3. The van der Waals surface area contributed by atoms with Gasteiger partial charge in [-0.1, -0.05) is 41.4 Å². The zero-order chi connectivity index (χ0) is 19.2. The van der Waals surface area contributed by atoms with Crippen molar-refractivity contribution in [1.82, 2.24) is 9.80 Å². The number of hydrogen-bond acceptors (Lipinski definition) is 3. The van der Waals surface area contributed by atoms with E-state index in [2.05, 4.69) is 4.90 Å². The highest BCUT2D eigenvalue weighted by Gasteiger charge is 2.19. The number of ether oxygens (including phenoxy) is 1. The average molecular weight is 405 g/mol. The molecule has 2 aromatic carbocycles. The van der Waals surface area contributed by atoms with Crippen LogP contribution in [0, 0.1) is 0 Å². The van der Waals surface area contributed by atoms with Gasteiger partial charge in [-0.15, -0.1) is 0 Å². The van der Waals surface area contributed by atoms with E-state index in [-0.39, 0.29) is 5.91 Å². The fourth-order valence-electron chi connectivity index (χ4n) is 3.01. The van der Waals surface area contributed by atoms with Crippen LogP contribution < -0.4 is 4.74 Å². The summed E-state index contributed by atoms with van der Waals surface area (Å²) in [6, 6.07) is 13.3. The summed E-state index contributed by atoms with van der Waals surface area (Å²) in [6.07, 6.45) is 3.47. The van der Waals surface area contributed by atoms with Crippen LogP contribution in [-0.4, -0.2) is 49.0 Å². The molecule has 1 amide bonds. The van der Waals surface area contributed by atoms with Crippen LogP contribution in [-0.2, 0) is 11.3 Å². The van der Waals surface area contributed by atoms with Crippen LogP contribution in [0.25, 0.3) is 6.08 Å². The molecular formula is C21H22Cl2N2O2. The number of benzene rings is 2. The number of halogens is 2. The maximum absolute atomic E-state index is 12.4. The maximum atomic E-state index is 12.4. The SMILES string of the molecule is COc1ccc(/C=C/C(=O)N2CCN(Cc3ccc(Cl)c(Cl)c3)CC2)cc1. The van der Waals surface area contributed by atoms with E-state index in [0.717, 1.165) is 36.5 Å². The minimum absolute atomic E-state index is 0.0417. The molecule has 142 valence electrons. The third kappa shape index (κ3) is 5.48. The summed E-state index contributed by atoms with van der Waals surface area (Å²) in [6.45, 7) is 3.91. The smallest absolute Gasteiger partial charge is 0.246 e. The molecule has 1 fully saturated rings. The third-order valence-electron chi connectivity index (χ3n) is 4.61. The van der Waals surface area contributed by atoms with Crippen molar-refractivity contribution in [2.45, 2.75) is 6.54 Å². The first-order valence-electron chi connectivity index (χ1n) is 8.82. The molecule has 0 saturated carbocycles. The van der Waals surface area contributed by atoms with E-state index in [0.29, 0.717) is 23.1 Å². The van der Waals surface area contributed by atoms with Gasteiger partial charge >= 0.3 is 0 Å². The molecule has 0 atom stereocenters. The van der Waals surface area contributed by atoms with E-state index in [1.807, 2.05) is 53.4 Å². The lowest BCUT2D eigenvalue weighted by Crippen LogP contribution is -2.47. The highest BCUT2D eigenvalue weighted by atomic mass is 35.5. The molecule has 1 heterocycles. The van der Waals surface area contributed by atoms with Gasteiger partial charge in [0.2, 0.25) is 5.91 Å². The predicted molar refractivity (Wildman–Crippen MR) is 110 cm³/mol. The van der Waals surface area contributed by atoms with Crippen LogP contribution in [0.3, 0.4) is 0 Å². The number of methoxy groups -OCH3 is 1. The predicted octanol–water partition coefficient (Wildman–Crippen LogP) is 4.36. The second-order valence-electron chi connectivity index (χ2n) is 6.46. The minimum Gasteiger partial charge on any atom is -0.497 e. The van der Waals surface area contributed by atoms with E-state index in [4.69, 9.17) is 27.9 Å². The zero-order valence-electron chi connectivity index (χ0n) is 15.2. The maximum Gasteiger partial charge on any atom is 0.246 e. The summed E-state index contributed by atoms with van der Waals surface area (Å²) in [5, 5.41) is 1.14. The summed E-state index contributed by atoms with van der Waals surface area (Å²) < 4.78 is 5.14. The summed E-state index contributed by atoms with van der Waals surface area (Å²) in [5.74, 6) is 0.844. The van der Waals surface area contributed by atoms with E-state index in [1.54, 1.807) is 13.2 Å². The number of amides is 1. The quantitative estimate of drug-likeness (QED) is 0.693. The molecule has 0 aliphatic carbocycles. The topological polar surface area (TPSA) is 32.8 Å². The van der Waals surface area contributed by atoms with Gasteiger partial charge in [-0.2, -0.15) is 0 Å². The molecule has 0 bridgehead atoms. The monoisotopic (exact) mass is 404 g/mol. The lowest BCUT2D eigenvalue weighted by atomic mass is 10.2. The second kappa shape index (κ2) is 9.27. The summed E-state index contributed by atoms with van der Waals surface area (Å²) in [7, 11) is 1.63. The number of carbonyl (C=O) groups is 1. The van der Waals surface area contributed by atoms with Crippen LogP contribution in [0.2, 0.25) is 10.0 Å². The Bertz CT molecular complexity index is 813. The van der Waals surface area contributed by atoms with Crippen molar-refractivity contribution in [3.05, 3.63) is 69.7 Å². The summed E-state index contributed by atoms with van der Waals surface area (Å²) in [4.78, 5) is 16.6. The molecule has 0 radical (unpaired) electrons. The average Bonchev–Trinajstić information content (AvgIpc) is 2.70. The van der Waals surface area contributed by atoms with Crippen LogP contribution in [0.15, 0.2) is 48.5 Å². The van der Waals surface area contributed by atoms with Crippen molar-refractivity contribution in [3.63, 3.8) is 0 Å². The number of rotatable bonds is 5. The second-order valence-corrected chi connectivity index (χ2v) is 7.27. The summed E-state index contributed by atoms with van der Waals surface area (Å²) in [5.41, 5.74) is 2.10. The van der Waals surface area contributed by atoms with Gasteiger partial charge in [-0.3, -0.25) is 9.69 Å². The Morgan fingerprint density at radius 1 is 1.04 bits per heavy atom. The van der Waals surface area contributed by atoms with Gasteiger partial charge in [0, 0.05) is 38.8 Å². The van der Waals surface area contributed by atoms with Crippen molar-refractivity contribution in [2.24, 2.45) is 0 Å². The highest BCUT2D eigenvalue weighted by Crippen LogP contribution is 2.23. The Morgan fingerprint density at radius 3 is 2.37 bits per heavy atom. The van der Waals surface area contributed by atoms with Crippen LogP contribution in [0.4, 0.5) is 0 Å². The van der Waals surface area contributed by atoms with Crippen LogP contribution in [0.5, 0.6) is 5.75 Å². The molecule has 0 aromatic heterocycles. The van der Waals surface area contributed by atoms with Gasteiger partial charge in [0.15, 0.2) is 0 Å². The zero-order valence-corrected chi connectivity index (χ0v) is 16.7. The van der Waals surface area contributed by atoms with Gasteiger partial charge in [-0.25, -0.2) is 0 Å². The molecular weight excluding hydrogens is 383 g/mol. The minimum atomic E-state index is 0.0417.